The summed E-state index contributed by atoms with van der Waals surface area (Å²) in [6, 6.07) is 6.53. The molecular weight excluding hydrogens is 452 g/mol. The second-order valence-electron chi connectivity index (χ2n) is 7.45. The zero-order chi connectivity index (χ0) is 24.0. The second-order valence-corrected chi connectivity index (χ2v) is 7.45. The molecule has 0 atom stereocenters. The lowest BCUT2D eigenvalue weighted by atomic mass is 9.92. The van der Waals surface area contributed by atoms with Crippen LogP contribution < -0.4 is 10.6 Å². The summed E-state index contributed by atoms with van der Waals surface area (Å²) in [7, 11) is 1.18. The fraction of sp³-hybridized carbons (Fsp3) is 0.286. The Hall–Kier alpha value is -3.41. The molecule has 1 aliphatic heterocycles. The maximum absolute atomic E-state index is 14.2. The third-order valence-corrected chi connectivity index (χ3v) is 5.25. The normalized spacial score (nSPS) is 14.2. The molecule has 0 saturated heterocycles. The number of hydrogen-bond donors (Lipinski definition) is 2. The molecule has 2 N–H and O–H groups in total. The number of aryl methyl sites for hydroxylation is 1. The lowest BCUT2D eigenvalue weighted by Crippen LogP contribution is -2.24. The summed E-state index contributed by atoms with van der Waals surface area (Å²) in [6.07, 6.45) is -8.43. The van der Waals surface area contributed by atoms with Gasteiger partial charge in [0.1, 0.15) is 22.6 Å². The second kappa shape index (κ2) is 8.18. The summed E-state index contributed by atoms with van der Waals surface area (Å²) in [5.74, 6) is -1.24. The summed E-state index contributed by atoms with van der Waals surface area (Å²) in [5, 5.41) is 9.24. The Morgan fingerprint density at radius 1 is 1.12 bits per heavy atom. The maximum atomic E-state index is 14.2. The molecule has 0 unspecified atom stereocenters. The van der Waals surface area contributed by atoms with E-state index in [1.807, 2.05) is 0 Å². The number of alkyl halides is 6. The van der Waals surface area contributed by atoms with E-state index in [1.165, 1.54) is 13.1 Å². The highest BCUT2D eigenvalue weighted by molar-refractivity contribution is 6.05. The van der Waals surface area contributed by atoms with Crippen LogP contribution in [0.5, 0.6) is 0 Å². The summed E-state index contributed by atoms with van der Waals surface area (Å²) in [4.78, 5) is 16.0. The Labute approximate surface area is 183 Å². The van der Waals surface area contributed by atoms with Crippen molar-refractivity contribution in [2.24, 2.45) is 7.05 Å². The molecular formula is C21H17F6N5O. The first kappa shape index (κ1) is 22.8. The number of fused-ring (bicyclic) bond motifs is 1. The van der Waals surface area contributed by atoms with Crippen molar-refractivity contribution in [3.05, 3.63) is 64.6 Å². The highest BCUT2D eigenvalue weighted by Crippen LogP contribution is 2.41. The fourth-order valence-corrected chi connectivity index (χ4v) is 3.85. The van der Waals surface area contributed by atoms with Gasteiger partial charge < -0.3 is 10.6 Å². The topological polar surface area (TPSA) is 71.8 Å². The number of carbonyl (C=O) groups excluding carboxylic acids is 1. The largest absolute Gasteiger partial charge is 0.433 e. The van der Waals surface area contributed by atoms with Gasteiger partial charge in [0, 0.05) is 31.0 Å². The van der Waals surface area contributed by atoms with E-state index in [0.717, 1.165) is 22.5 Å². The van der Waals surface area contributed by atoms with Gasteiger partial charge in [-0.1, -0.05) is 18.2 Å². The smallest absolute Gasteiger partial charge is 0.321 e. The minimum atomic E-state index is -4.94. The number of hydrogen-bond acceptors (Lipinski definition) is 4. The van der Waals surface area contributed by atoms with E-state index in [9.17, 15) is 31.1 Å². The summed E-state index contributed by atoms with van der Waals surface area (Å²) < 4.78 is 82.0. The maximum Gasteiger partial charge on any atom is 0.433 e. The predicted molar refractivity (Wildman–Crippen MR) is 106 cm³/mol. The molecule has 0 aliphatic carbocycles. The number of rotatable bonds is 3. The van der Waals surface area contributed by atoms with Gasteiger partial charge in [0.15, 0.2) is 0 Å². The minimum Gasteiger partial charge on any atom is -0.321 e. The monoisotopic (exact) mass is 469 g/mol. The molecule has 4 rings (SSSR count). The summed E-state index contributed by atoms with van der Waals surface area (Å²) in [5.41, 5.74) is -2.29. The lowest BCUT2D eigenvalue weighted by molar-refractivity contribution is -0.141. The van der Waals surface area contributed by atoms with Crippen LogP contribution in [0, 0.1) is 0 Å². The molecule has 0 radical (unpaired) electrons. The number of halogens is 6. The molecule has 2 aromatic heterocycles. The van der Waals surface area contributed by atoms with E-state index < -0.39 is 40.9 Å². The van der Waals surface area contributed by atoms with Crippen LogP contribution in [0.15, 0.2) is 36.5 Å². The first-order chi connectivity index (χ1) is 15.5. The standard InChI is InChI=1S/C21H17F6N5O/c1-32-18(19(33)30-12-5-8-29-15(9-12)20(22,23)24)16(21(25,26)27)17(31-32)14-4-2-3-11-10-28-7-6-13(11)14/h2-5,8-9,28H,6-7,10H2,1H3,(H,29,30,33). The quantitative estimate of drug-likeness (QED) is 0.558. The third kappa shape index (κ3) is 4.42. The number of nitrogens with one attached hydrogen (secondary N) is 2. The van der Waals surface area contributed by atoms with Crippen molar-refractivity contribution in [2.75, 3.05) is 11.9 Å². The van der Waals surface area contributed by atoms with Gasteiger partial charge in [0.05, 0.1) is 0 Å². The van der Waals surface area contributed by atoms with Gasteiger partial charge >= 0.3 is 12.4 Å². The number of anilines is 1. The van der Waals surface area contributed by atoms with Gasteiger partial charge in [0.2, 0.25) is 0 Å². The number of aromatic nitrogens is 3. The predicted octanol–water partition coefficient (Wildman–Crippen LogP) is 4.42. The highest BCUT2D eigenvalue weighted by Gasteiger charge is 2.43. The van der Waals surface area contributed by atoms with Gasteiger partial charge in [0.25, 0.3) is 5.91 Å². The molecule has 0 fully saturated rings. The Morgan fingerprint density at radius 2 is 1.88 bits per heavy atom. The Kier molecular flexibility index (Phi) is 5.64. The van der Waals surface area contributed by atoms with Gasteiger partial charge in [-0.15, -0.1) is 0 Å². The van der Waals surface area contributed by atoms with Crippen LogP contribution >= 0.6 is 0 Å². The zero-order valence-corrected chi connectivity index (χ0v) is 17.1. The molecule has 0 saturated carbocycles. The molecule has 1 aliphatic rings. The molecule has 0 spiro atoms. The van der Waals surface area contributed by atoms with Crippen LogP contribution in [0.2, 0.25) is 0 Å². The number of benzene rings is 1. The molecule has 1 amide bonds. The third-order valence-electron chi connectivity index (χ3n) is 5.25. The fourth-order valence-electron chi connectivity index (χ4n) is 3.85. The van der Waals surface area contributed by atoms with E-state index in [-0.39, 0.29) is 11.3 Å². The van der Waals surface area contributed by atoms with Crippen molar-refractivity contribution in [1.29, 1.82) is 0 Å². The number of carbonyl (C=O) groups is 1. The lowest BCUT2D eigenvalue weighted by Gasteiger charge is -2.20. The van der Waals surface area contributed by atoms with Gasteiger partial charge in [-0.25, -0.2) is 0 Å². The molecule has 3 aromatic rings. The van der Waals surface area contributed by atoms with Crippen LogP contribution in [0.3, 0.4) is 0 Å². The van der Waals surface area contributed by atoms with E-state index in [4.69, 9.17) is 0 Å². The first-order valence-electron chi connectivity index (χ1n) is 9.77. The molecule has 33 heavy (non-hydrogen) atoms. The van der Waals surface area contributed by atoms with Crippen LogP contribution in [0.25, 0.3) is 11.3 Å². The van der Waals surface area contributed by atoms with Crippen LogP contribution in [-0.4, -0.2) is 27.2 Å². The Balaban J connectivity index is 1.80. The van der Waals surface area contributed by atoms with Gasteiger partial charge in [-0.2, -0.15) is 31.4 Å². The van der Waals surface area contributed by atoms with E-state index >= 15 is 0 Å². The molecule has 6 nitrogen and oxygen atoms in total. The van der Waals surface area contributed by atoms with E-state index in [2.05, 4.69) is 20.7 Å². The Bertz CT molecular complexity index is 1210. The first-order valence-corrected chi connectivity index (χ1v) is 9.77. The molecule has 0 bridgehead atoms. The van der Waals surface area contributed by atoms with Crippen molar-refractivity contribution in [3.63, 3.8) is 0 Å². The van der Waals surface area contributed by atoms with Crippen LogP contribution in [0.4, 0.5) is 32.0 Å². The average Bonchev–Trinajstić information content (AvgIpc) is 3.10. The average molecular weight is 469 g/mol. The molecule has 1 aromatic carbocycles. The van der Waals surface area contributed by atoms with Crippen molar-refractivity contribution < 1.29 is 31.1 Å². The van der Waals surface area contributed by atoms with E-state index in [1.54, 1.807) is 12.1 Å². The number of nitrogens with zero attached hydrogens (tertiary/aromatic N) is 3. The molecule has 3 heterocycles. The van der Waals surface area contributed by atoms with E-state index in [0.29, 0.717) is 31.1 Å². The van der Waals surface area contributed by atoms with Crippen molar-refractivity contribution in [2.45, 2.75) is 25.3 Å². The summed E-state index contributed by atoms with van der Waals surface area (Å²) in [6.45, 7) is 1.07. The SMILES string of the molecule is Cn1nc(-c2cccc3c2CCNC3)c(C(F)(F)F)c1C(=O)Nc1ccnc(C(F)(F)F)c1. The van der Waals surface area contributed by atoms with Crippen LogP contribution in [-0.2, 0) is 32.4 Å². The van der Waals surface area contributed by atoms with Crippen molar-refractivity contribution in [3.8, 4) is 11.3 Å². The van der Waals surface area contributed by atoms with Gasteiger partial charge in [-0.3, -0.25) is 14.5 Å². The van der Waals surface area contributed by atoms with Crippen LogP contribution in [0.1, 0.15) is 32.9 Å². The summed E-state index contributed by atoms with van der Waals surface area (Å²) >= 11 is 0. The van der Waals surface area contributed by atoms with Crippen molar-refractivity contribution in [1.82, 2.24) is 20.1 Å². The Morgan fingerprint density at radius 3 is 2.58 bits per heavy atom. The van der Waals surface area contributed by atoms with Gasteiger partial charge in [-0.05, 0) is 36.2 Å². The zero-order valence-electron chi connectivity index (χ0n) is 17.1. The number of pyridine rings is 1. The van der Waals surface area contributed by atoms with Crippen molar-refractivity contribution >= 4 is 11.6 Å². The highest BCUT2D eigenvalue weighted by atomic mass is 19.4. The number of amides is 1. The molecule has 174 valence electrons. The molecule has 12 heteroatoms. The minimum absolute atomic E-state index is 0.263.